The minimum Gasteiger partial charge on any atom is -0.491 e. The van der Waals surface area contributed by atoms with Gasteiger partial charge in [0.1, 0.15) is 0 Å². The number of aryl methyl sites for hydroxylation is 1. The first kappa shape index (κ1) is 19.3. The van der Waals surface area contributed by atoms with Gasteiger partial charge in [0, 0.05) is 38.1 Å². The highest BCUT2D eigenvalue weighted by molar-refractivity contribution is 5.94. The van der Waals surface area contributed by atoms with Crippen LogP contribution in [-0.2, 0) is 6.54 Å². The molecule has 1 fully saturated rings. The molecule has 3 rings (SSSR count). The van der Waals surface area contributed by atoms with E-state index in [9.17, 15) is 9.18 Å². The smallest absolute Gasteiger partial charge is 0.253 e. The molecule has 0 aliphatic carbocycles. The molecule has 0 saturated carbocycles. The summed E-state index contributed by atoms with van der Waals surface area (Å²) in [6.07, 6.45) is 5.12. The molecular weight excluding hydrogens is 345 g/mol. The van der Waals surface area contributed by atoms with E-state index in [0.29, 0.717) is 17.9 Å². The van der Waals surface area contributed by atoms with E-state index in [4.69, 9.17) is 4.74 Å². The summed E-state index contributed by atoms with van der Waals surface area (Å²) in [5.41, 5.74) is 2.61. The van der Waals surface area contributed by atoms with Crippen molar-refractivity contribution in [1.29, 1.82) is 0 Å². The first-order valence-corrected chi connectivity index (χ1v) is 9.41. The number of hydrogen-bond acceptors (Lipinski definition) is 4. The lowest BCUT2D eigenvalue weighted by atomic mass is 10.0. The Labute approximate surface area is 159 Å². The maximum absolute atomic E-state index is 13.7. The Bertz CT molecular complexity index is 789. The van der Waals surface area contributed by atoms with Crippen molar-refractivity contribution in [1.82, 2.24) is 15.2 Å². The summed E-state index contributed by atoms with van der Waals surface area (Å²) in [5, 5.41) is 3.10. The second-order valence-corrected chi connectivity index (χ2v) is 6.97. The van der Waals surface area contributed by atoms with E-state index in [-0.39, 0.29) is 17.8 Å². The van der Waals surface area contributed by atoms with Crippen molar-refractivity contribution in [3.05, 3.63) is 59.2 Å². The summed E-state index contributed by atoms with van der Waals surface area (Å²) in [5.74, 6) is -0.0823. The highest BCUT2D eigenvalue weighted by Crippen LogP contribution is 2.21. The summed E-state index contributed by atoms with van der Waals surface area (Å²) >= 11 is 0. The number of benzene rings is 1. The number of rotatable bonds is 6. The Hall–Kier alpha value is -2.47. The van der Waals surface area contributed by atoms with Gasteiger partial charge in [-0.3, -0.25) is 14.7 Å². The molecule has 1 aliphatic heterocycles. The lowest BCUT2D eigenvalue weighted by Gasteiger charge is -2.32. The van der Waals surface area contributed by atoms with Gasteiger partial charge in [-0.05, 0) is 56.0 Å². The maximum Gasteiger partial charge on any atom is 0.253 e. The molecule has 1 amide bonds. The summed E-state index contributed by atoms with van der Waals surface area (Å²) in [4.78, 5) is 18.8. The number of aromatic nitrogens is 1. The minimum absolute atomic E-state index is 0.0652. The SMILES string of the molecule is CCOc1cc(CN2CCC(NC(=O)c3cncc(C)c3)CC2)ccc1F. The number of pyridine rings is 1. The third kappa shape index (κ3) is 5.26. The molecule has 0 atom stereocenters. The molecule has 1 aliphatic rings. The molecule has 0 spiro atoms. The van der Waals surface area contributed by atoms with Crippen LogP contribution >= 0.6 is 0 Å². The number of ether oxygens (including phenoxy) is 1. The number of hydrogen-bond donors (Lipinski definition) is 1. The number of halogens is 1. The van der Waals surface area contributed by atoms with Crippen LogP contribution in [0.5, 0.6) is 5.75 Å². The molecule has 6 heteroatoms. The van der Waals surface area contributed by atoms with Crippen LogP contribution in [0.15, 0.2) is 36.7 Å². The maximum atomic E-state index is 13.7. The molecule has 1 aromatic heterocycles. The van der Waals surface area contributed by atoms with Crippen LogP contribution in [0.25, 0.3) is 0 Å². The lowest BCUT2D eigenvalue weighted by molar-refractivity contribution is 0.0908. The number of carbonyl (C=O) groups is 1. The van der Waals surface area contributed by atoms with Crippen LogP contribution in [0.2, 0.25) is 0 Å². The molecule has 1 aromatic carbocycles. The van der Waals surface area contributed by atoms with Crippen LogP contribution in [0, 0.1) is 12.7 Å². The molecule has 0 bridgehead atoms. The Morgan fingerprint density at radius 2 is 2.07 bits per heavy atom. The predicted octanol–water partition coefficient (Wildman–Crippen LogP) is 3.32. The van der Waals surface area contributed by atoms with Gasteiger partial charge in [-0.25, -0.2) is 4.39 Å². The highest BCUT2D eigenvalue weighted by Gasteiger charge is 2.21. The standard InChI is InChI=1S/C21H26FN3O2/c1-3-27-20-11-16(4-5-19(20)22)14-25-8-6-18(7-9-25)24-21(26)17-10-15(2)12-23-13-17/h4-5,10-13,18H,3,6-9,14H2,1-2H3,(H,24,26). The third-order valence-corrected chi connectivity index (χ3v) is 4.76. The molecule has 27 heavy (non-hydrogen) atoms. The van der Waals surface area contributed by atoms with Crippen LogP contribution in [0.4, 0.5) is 4.39 Å². The van der Waals surface area contributed by atoms with Gasteiger partial charge in [-0.2, -0.15) is 0 Å². The average molecular weight is 371 g/mol. The average Bonchev–Trinajstić information content (AvgIpc) is 2.66. The van der Waals surface area contributed by atoms with E-state index in [1.54, 1.807) is 24.5 Å². The Balaban J connectivity index is 1.50. The van der Waals surface area contributed by atoms with E-state index in [1.165, 1.54) is 6.07 Å². The topological polar surface area (TPSA) is 54.5 Å². The number of carbonyl (C=O) groups excluding carboxylic acids is 1. The Morgan fingerprint density at radius 3 is 2.78 bits per heavy atom. The fraction of sp³-hybridized carbons (Fsp3) is 0.429. The number of nitrogens with one attached hydrogen (secondary N) is 1. The third-order valence-electron chi connectivity index (χ3n) is 4.76. The summed E-state index contributed by atoms with van der Waals surface area (Å²) in [7, 11) is 0. The van der Waals surface area contributed by atoms with Crippen molar-refractivity contribution in [2.75, 3.05) is 19.7 Å². The normalized spacial score (nSPS) is 15.5. The van der Waals surface area contributed by atoms with Gasteiger partial charge < -0.3 is 10.1 Å². The first-order valence-electron chi connectivity index (χ1n) is 9.41. The molecule has 2 aromatic rings. The van der Waals surface area contributed by atoms with Crippen molar-refractivity contribution in [2.45, 2.75) is 39.3 Å². The minimum atomic E-state index is -0.326. The van der Waals surface area contributed by atoms with Crippen LogP contribution in [0.3, 0.4) is 0 Å². The summed E-state index contributed by atoms with van der Waals surface area (Å²) in [6.45, 7) is 6.74. The highest BCUT2D eigenvalue weighted by atomic mass is 19.1. The monoisotopic (exact) mass is 371 g/mol. The van der Waals surface area contributed by atoms with Crippen LogP contribution < -0.4 is 10.1 Å². The molecule has 0 radical (unpaired) electrons. The van der Waals surface area contributed by atoms with Crippen molar-refractivity contribution in [2.24, 2.45) is 0 Å². The van der Waals surface area contributed by atoms with E-state index >= 15 is 0 Å². The van der Waals surface area contributed by atoms with E-state index in [0.717, 1.165) is 43.6 Å². The number of nitrogens with zero attached hydrogens (tertiary/aromatic N) is 2. The zero-order chi connectivity index (χ0) is 19.2. The summed E-state index contributed by atoms with van der Waals surface area (Å²) in [6, 6.07) is 7.06. The quantitative estimate of drug-likeness (QED) is 0.846. The van der Waals surface area contributed by atoms with Crippen LogP contribution in [0.1, 0.15) is 41.3 Å². The zero-order valence-corrected chi connectivity index (χ0v) is 15.9. The molecule has 1 N–H and O–H groups in total. The van der Waals surface area contributed by atoms with Crippen molar-refractivity contribution >= 4 is 5.91 Å². The van der Waals surface area contributed by atoms with Gasteiger partial charge in [0.25, 0.3) is 5.91 Å². The van der Waals surface area contributed by atoms with E-state index in [2.05, 4.69) is 15.2 Å². The number of likely N-dealkylation sites (tertiary alicyclic amines) is 1. The second-order valence-electron chi connectivity index (χ2n) is 6.97. The van der Waals surface area contributed by atoms with Gasteiger partial charge in [-0.1, -0.05) is 6.07 Å². The molecular formula is C21H26FN3O2. The van der Waals surface area contributed by atoms with E-state index < -0.39 is 0 Å². The Morgan fingerprint density at radius 1 is 1.30 bits per heavy atom. The molecule has 1 saturated heterocycles. The second kappa shape index (κ2) is 8.95. The molecule has 2 heterocycles. The van der Waals surface area contributed by atoms with Gasteiger partial charge in [0.2, 0.25) is 0 Å². The largest absolute Gasteiger partial charge is 0.491 e. The molecule has 5 nitrogen and oxygen atoms in total. The fourth-order valence-corrected chi connectivity index (χ4v) is 3.35. The van der Waals surface area contributed by atoms with Gasteiger partial charge in [-0.15, -0.1) is 0 Å². The first-order chi connectivity index (χ1) is 13.0. The summed E-state index contributed by atoms with van der Waals surface area (Å²) < 4.78 is 19.0. The number of piperidine rings is 1. The van der Waals surface area contributed by atoms with Crippen molar-refractivity contribution < 1.29 is 13.9 Å². The molecule has 144 valence electrons. The van der Waals surface area contributed by atoms with Crippen LogP contribution in [-0.4, -0.2) is 41.5 Å². The van der Waals surface area contributed by atoms with Crippen molar-refractivity contribution in [3.8, 4) is 5.75 Å². The lowest BCUT2D eigenvalue weighted by Crippen LogP contribution is -2.44. The predicted molar refractivity (Wildman–Crippen MR) is 102 cm³/mol. The van der Waals surface area contributed by atoms with Gasteiger partial charge in [0.05, 0.1) is 12.2 Å². The van der Waals surface area contributed by atoms with Gasteiger partial charge >= 0.3 is 0 Å². The Kier molecular flexibility index (Phi) is 6.40. The zero-order valence-electron chi connectivity index (χ0n) is 15.9. The number of amides is 1. The molecule has 0 unspecified atom stereocenters. The fourth-order valence-electron chi connectivity index (χ4n) is 3.35. The van der Waals surface area contributed by atoms with E-state index in [1.807, 2.05) is 19.9 Å². The van der Waals surface area contributed by atoms with Gasteiger partial charge in [0.15, 0.2) is 11.6 Å². The van der Waals surface area contributed by atoms with Crippen molar-refractivity contribution in [3.63, 3.8) is 0 Å².